The summed E-state index contributed by atoms with van der Waals surface area (Å²) < 4.78 is 0.873. The lowest BCUT2D eigenvalue weighted by Gasteiger charge is -2.17. The van der Waals surface area contributed by atoms with Crippen LogP contribution in [0.25, 0.3) is 0 Å². The van der Waals surface area contributed by atoms with E-state index in [1.54, 1.807) is 24.8 Å². The van der Waals surface area contributed by atoms with E-state index >= 15 is 0 Å². The minimum absolute atomic E-state index is 0.104. The molecule has 2 heterocycles. The number of carbonyl (C=O) groups is 1. The molecule has 0 aliphatic rings. The van der Waals surface area contributed by atoms with Crippen LogP contribution in [-0.4, -0.2) is 21.9 Å². The number of hydrogen-bond donors (Lipinski definition) is 2. The van der Waals surface area contributed by atoms with Gasteiger partial charge in [0.05, 0.1) is 12.1 Å². The Kier molecular flexibility index (Phi) is 5.41. The van der Waals surface area contributed by atoms with Gasteiger partial charge in [-0.15, -0.1) is 0 Å². The number of rotatable bonds is 5. The van der Waals surface area contributed by atoms with Crippen molar-refractivity contribution in [1.82, 2.24) is 15.3 Å². The average Bonchev–Trinajstić information content (AvgIpc) is 2.48. The zero-order valence-corrected chi connectivity index (χ0v) is 13.2. The second-order valence-corrected chi connectivity index (χ2v) is 5.75. The number of halogens is 1. The van der Waals surface area contributed by atoms with Gasteiger partial charge in [0.2, 0.25) is 5.91 Å². The second-order valence-electron chi connectivity index (χ2n) is 4.83. The molecule has 0 bridgehead atoms. The van der Waals surface area contributed by atoms with Gasteiger partial charge < -0.3 is 11.1 Å². The molecule has 0 aliphatic heterocycles. The zero-order valence-electron chi connectivity index (χ0n) is 11.7. The highest BCUT2D eigenvalue weighted by molar-refractivity contribution is 9.10. The molecule has 21 heavy (non-hydrogen) atoms. The quantitative estimate of drug-likeness (QED) is 0.865. The highest BCUT2D eigenvalue weighted by Gasteiger charge is 2.17. The Bertz CT molecular complexity index is 606. The summed E-state index contributed by atoms with van der Waals surface area (Å²) in [4.78, 5) is 20.2. The largest absolute Gasteiger partial charge is 0.348 e. The van der Waals surface area contributed by atoms with Gasteiger partial charge in [-0.2, -0.15) is 0 Å². The van der Waals surface area contributed by atoms with Crippen LogP contribution in [0.3, 0.4) is 0 Å². The smallest absolute Gasteiger partial charge is 0.237 e. The van der Waals surface area contributed by atoms with Crippen LogP contribution in [0.15, 0.2) is 47.5 Å². The molecule has 2 aromatic rings. The SMILES string of the molecule is CC(NC(=O)C(N)Cc1cncc(Br)c1)c1ccncc1. The number of aromatic nitrogens is 2. The third kappa shape index (κ3) is 4.61. The van der Waals surface area contributed by atoms with E-state index in [-0.39, 0.29) is 11.9 Å². The molecule has 0 saturated heterocycles. The van der Waals surface area contributed by atoms with Crippen LogP contribution >= 0.6 is 15.9 Å². The maximum absolute atomic E-state index is 12.1. The van der Waals surface area contributed by atoms with Gasteiger partial charge in [0, 0.05) is 29.3 Å². The van der Waals surface area contributed by atoms with Gasteiger partial charge in [-0.25, -0.2) is 0 Å². The molecule has 2 rings (SSSR count). The molecule has 110 valence electrons. The fourth-order valence-electron chi connectivity index (χ4n) is 1.97. The molecule has 2 unspecified atom stereocenters. The van der Waals surface area contributed by atoms with Gasteiger partial charge >= 0.3 is 0 Å². The van der Waals surface area contributed by atoms with Gasteiger partial charge in [-0.05, 0) is 58.6 Å². The molecule has 1 amide bonds. The van der Waals surface area contributed by atoms with Crippen LogP contribution < -0.4 is 11.1 Å². The predicted octanol–water partition coefficient (Wildman–Crippen LogP) is 1.99. The molecule has 2 aromatic heterocycles. The van der Waals surface area contributed by atoms with Crippen molar-refractivity contribution in [2.75, 3.05) is 0 Å². The monoisotopic (exact) mass is 348 g/mol. The first-order valence-electron chi connectivity index (χ1n) is 6.61. The summed E-state index contributed by atoms with van der Waals surface area (Å²) >= 11 is 3.35. The lowest BCUT2D eigenvalue weighted by molar-refractivity contribution is -0.123. The molecule has 0 saturated carbocycles. The molecule has 2 atom stereocenters. The van der Waals surface area contributed by atoms with Crippen molar-refractivity contribution >= 4 is 21.8 Å². The van der Waals surface area contributed by atoms with Crippen LogP contribution in [0.1, 0.15) is 24.1 Å². The van der Waals surface area contributed by atoms with E-state index in [0.717, 1.165) is 15.6 Å². The Hall–Kier alpha value is -1.79. The van der Waals surface area contributed by atoms with E-state index in [2.05, 4.69) is 31.2 Å². The van der Waals surface area contributed by atoms with Crippen molar-refractivity contribution in [3.63, 3.8) is 0 Å². The van der Waals surface area contributed by atoms with Crippen molar-refractivity contribution < 1.29 is 4.79 Å². The topological polar surface area (TPSA) is 80.9 Å². The molecular weight excluding hydrogens is 332 g/mol. The van der Waals surface area contributed by atoms with Crippen LogP contribution in [0, 0.1) is 0 Å². The van der Waals surface area contributed by atoms with Crippen LogP contribution in [0.2, 0.25) is 0 Å². The number of nitrogens with zero attached hydrogens (tertiary/aromatic N) is 2. The summed E-state index contributed by atoms with van der Waals surface area (Å²) in [6.45, 7) is 1.92. The molecule has 3 N–H and O–H groups in total. The Labute approximate surface area is 132 Å². The van der Waals surface area contributed by atoms with E-state index in [9.17, 15) is 4.79 Å². The highest BCUT2D eigenvalue weighted by Crippen LogP contribution is 2.12. The molecule has 0 radical (unpaired) electrons. The molecule has 0 spiro atoms. The van der Waals surface area contributed by atoms with E-state index in [0.29, 0.717) is 6.42 Å². The van der Waals surface area contributed by atoms with Gasteiger partial charge in [0.15, 0.2) is 0 Å². The van der Waals surface area contributed by atoms with Gasteiger partial charge in [-0.3, -0.25) is 14.8 Å². The fraction of sp³-hybridized carbons (Fsp3) is 0.267. The lowest BCUT2D eigenvalue weighted by Crippen LogP contribution is -2.43. The summed E-state index contributed by atoms with van der Waals surface area (Å²) in [6, 6.07) is 4.94. The molecule has 6 heteroatoms. The van der Waals surface area contributed by atoms with E-state index in [4.69, 9.17) is 5.73 Å². The lowest BCUT2D eigenvalue weighted by atomic mass is 10.1. The minimum Gasteiger partial charge on any atom is -0.348 e. The van der Waals surface area contributed by atoms with Gasteiger partial charge in [0.25, 0.3) is 0 Å². The van der Waals surface area contributed by atoms with Crippen molar-refractivity contribution in [1.29, 1.82) is 0 Å². The maximum Gasteiger partial charge on any atom is 0.237 e. The second kappa shape index (κ2) is 7.28. The van der Waals surface area contributed by atoms with Crippen molar-refractivity contribution in [2.24, 2.45) is 5.73 Å². The third-order valence-corrected chi connectivity index (χ3v) is 3.55. The van der Waals surface area contributed by atoms with Crippen molar-refractivity contribution in [2.45, 2.75) is 25.4 Å². The number of nitrogens with one attached hydrogen (secondary N) is 1. The number of hydrogen-bond acceptors (Lipinski definition) is 4. The van der Waals surface area contributed by atoms with Crippen molar-refractivity contribution in [3.05, 3.63) is 58.6 Å². The summed E-state index contributed by atoms with van der Waals surface area (Å²) in [7, 11) is 0. The molecule has 0 fully saturated rings. The normalized spacial score (nSPS) is 13.5. The van der Waals surface area contributed by atoms with Gasteiger partial charge in [-0.1, -0.05) is 0 Å². The molecule has 5 nitrogen and oxygen atoms in total. The van der Waals surface area contributed by atoms with E-state index in [1.807, 2.05) is 25.1 Å². The number of amides is 1. The molecule has 0 aliphatic carbocycles. The summed E-state index contributed by atoms with van der Waals surface area (Å²) in [5.41, 5.74) is 7.87. The first kappa shape index (κ1) is 15.6. The van der Waals surface area contributed by atoms with E-state index < -0.39 is 6.04 Å². The average molecular weight is 349 g/mol. The summed E-state index contributed by atoms with van der Waals surface area (Å²) in [6.07, 6.45) is 7.25. The molecule has 0 aromatic carbocycles. The predicted molar refractivity (Wildman–Crippen MR) is 84.4 cm³/mol. The zero-order chi connectivity index (χ0) is 15.2. The number of pyridine rings is 2. The van der Waals surface area contributed by atoms with Gasteiger partial charge in [0.1, 0.15) is 0 Å². The van der Waals surface area contributed by atoms with Crippen LogP contribution in [-0.2, 0) is 11.2 Å². The Morgan fingerprint density at radius 1 is 1.33 bits per heavy atom. The van der Waals surface area contributed by atoms with Crippen LogP contribution in [0.5, 0.6) is 0 Å². The first-order valence-corrected chi connectivity index (χ1v) is 7.41. The summed E-state index contributed by atoms with van der Waals surface area (Å²) in [5.74, 6) is -0.181. The number of nitrogens with two attached hydrogens (primary N) is 1. The first-order chi connectivity index (χ1) is 10.1. The maximum atomic E-state index is 12.1. The Balaban J connectivity index is 1.94. The third-order valence-electron chi connectivity index (χ3n) is 3.12. The fourth-order valence-corrected chi connectivity index (χ4v) is 2.38. The number of carbonyl (C=O) groups excluding carboxylic acids is 1. The minimum atomic E-state index is -0.606. The standard InChI is InChI=1S/C15H17BrN4O/c1-10(12-2-4-18-5-3-12)20-15(21)14(17)7-11-6-13(16)9-19-8-11/h2-6,8-10,14H,7,17H2,1H3,(H,20,21). The Morgan fingerprint density at radius 3 is 2.71 bits per heavy atom. The summed E-state index contributed by atoms with van der Waals surface area (Å²) in [5, 5.41) is 2.91. The van der Waals surface area contributed by atoms with Crippen LogP contribution in [0.4, 0.5) is 0 Å². The highest BCUT2D eigenvalue weighted by atomic mass is 79.9. The Morgan fingerprint density at radius 2 is 2.05 bits per heavy atom. The van der Waals surface area contributed by atoms with E-state index in [1.165, 1.54) is 0 Å². The molecular formula is C15H17BrN4O. The van der Waals surface area contributed by atoms with Crippen molar-refractivity contribution in [3.8, 4) is 0 Å².